The molecule has 0 amide bonds. The van der Waals surface area contributed by atoms with Crippen molar-refractivity contribution in [1.29, 1.82) is 0 Å². The molecule has 1 atom stereocenters. The lowest BCUT2D eigenvalue weighted by Crippen LogP contribution is -2.19. The number of hydrogen-bond acceptors (Lipinski definition) is 1. The third-order valence-electron chi connectivity index (χ3n) is 3.87. The van der Waals surface area contributed by atoms with Crippen molar-refractivity contribution < 1.29 is 4.39 Å². The molecule has 1 aliphatic carbocycles. The lowest BCUT2D eigenvalue weighted by molar-refractivity contribution is 0.313. The van der Waals surface area contributed by atoms with Crippen LogP contribution in [0, 0.1) is 11.2 Å². The standard InChI is InChI=1S/C15H21ClFN/c1-15(2)8-3-4-11(7-9-15)18-12-5-6-13(16)14(17)10-12/h5-6,10-11,18H,3-4,7-9H2,1-2H3. The van der Waals surface area contributed by atoms with Gasteiger partial charge in [-0.05, 0) is 49.3 Å². The first-order chi connectivity index (χ1) is 8.46. The van der Waals surface area contributed by atoms with E-state index < -0.39 is 0 Å². The van der Waals surface area contributed by atoms with Crippen molar-refractivity contribution in [3.05, 3.63) is 29.0 Å². The van der Waals surface area contributed by atoms with Gasteiger partial charge in [-0.15, -0.1) is 0 Å². The van der Waals surface area contributed by atoms with Gasteiger partial charge in [0.25, 0.3) is 0 Å². The van der Waals surface area contributed by atoms with Crippen LogP contribution in [0.25, 0.3) is 0 Å². The highest BCUT2D eigenvalue weighted by Crippen LogP contribution is 2.34. The van der Waals surface area contributed by atoms with Gasteiger partial charge in [-0.1, -0.05) is 31.9 Å². The van der Waals surface area contributed by atoms with E-state index in [2.05, 4.69) is 19.2 Å². The van der Waals surface area contributed by atoms with E-state index in [1.807, 2.05) is 6.07 Å². The Morgan fingerprint density at radius 3 is 2.78 bits per heavy atom. The number of benzene rings is 1. The molecular weight excluding hydrogens is 249 g/mol. The zero-order chi connectivity index (χ0) is 13.2. The van der Waals surface area contributed by atoms with Crippen molar-refractivity contribution >= 4 is 17.3 Å². The van der Waals surface area contributed by atoms with Crippen LogP contribution in [0.1, 0.15) is 46.0 Å². The molecule has 1 aromatic carbocycles. The molecule has 100 valence electrons. The minimum atomic E-state index is -0.351. The van der Waals surface area contributed by atoms with E-state index in [1.54, 1.807) is 6.07 Å². The third kappa shape index (κ3) is 3.61. The highest BCUT2D eigenvalue weighted by Gasteiger charge is 2.24. The fourth-order valence-electron chi connectivity index (χ4n) is 2.63. The molecule has 1 saturated carbocycles. The Morgan fingerprint density at radius 2 is 2.06 bits per heavy atom. The largest absolute Gasteiger partial charge is 0.382 e. The van der Waals surface area contributed by atoms with Crippen LogP contribution in [0.5, 0.6) is 0 Å². The normalized spacial score (nSPS) is 23.4. The maximum Gasteiger partial charge on any atom is 0.143 e. The number of hydrogen-bond donors (Lipinski definition) is 1. The summed E-state index contributed by atoms with van der Waals surface area (Å²) in [5.41, 5.74) is 1.28. The van der Waals surface area contributed by atoms with E-state index in [-0.39, 0.29) is 10.8 Å². The molecule has 0 saturated heterocycles. The van der Waals surface area contributed by atoms with Crippen LogP contribution in [0.4, 0.5) is 10.1 Å². The molecule has 0 radical (unpaired) electrons. The van der Waals surface area contributed by atoms with Gasteiger partial charge in [0.1, 0.15) is 5.82 Å². The van der Waals surface area contributed by atoms with Crippen molar-refractivity contribution in [2.24, 2.45) is 5.41 Å². The first kappa shape index (κ1) is 13.7. The Balaban J connectivity index is 1.98. The molecule has 1 unspecified atom stereocenters. The molecule has 0 spiro atoms. The summed E-state index contributed by atoms with van der Waals surface area (Å²) in [5, 5.41) is 3.61. The van der Waals surface area contributed by atoms with E-state index in [4.69, 9.17) is 11.6 Å². The second-order valence-corrected chi connectivity index (χ2v) is 6.47. The van der Waals surface area contributed by atoms with Crippen LogP contribution in [0.15, 0.2) is 18.2 Å². The van der Waals surface area contributed by atoms with E-state index in [9.17, 15) is 4.39 Å². The molecule has 1 nitrogen and oxygen atoms in total. The number of halogens is 2. The summed E-state index contributed by atoms with van der Waals surface area (Å²) in [6.07, 6.45) is 6.05. The van der Waals surface area contributed by atoms with Crippen LogP contribution in [0.2, 0.25) is 5.02 Å². The average Bonchev–Trinajstić information content (AvgIpc) is 2.46. The van der Waals surface area contributed by atoms with Gasteiger partial charge in [0.15, 0.2) is 0 Å². The molecule has 18 heavy (non-hydrogen) atoms. The van der Waals surface area contributed by atoms with Crippen molar-refractivity contribution in [2.45, 2.75) is 52.0 Å². The monoisotopic (exact) mass is 269 g/mol. The summed E-state index contributed by atoms with van der Waals surface area (Å²) in [6, 6.07) is 5.40. The Labute approximate surface area is 114 Å². The van der Waals surface area contributed by atoms with Crippen molar-refractivity contribution in [1.82, 2.24) is 0 Å². The van der Waals surface area contributed by atoms with Crippen LogP contribution < -0.4 is 5.32 Å². The minimum Gasteiger partial charge on any atom is -0.382 e. The van der Waals surface area contributed by atoms with Crippen molar-refractivity contribution in [3.63, 3.8) is 0 Å². The molecule has 1 aromatic rings. The van der Waals surface area contributed by atoms with Crippen LogP contribution in [0.3, 0.4) is 0 Å². The highest BCUT2D eigenvalue weighted by atomic mass is 35.5. The second-order valence-electron chi connectivity index (χ2n) is 6.07. The third-order valence-corrected chi connectivity index (χ3v) is 4.17. The SMILES string of the molecule is CC1(C)CCCC(Nc2ccc(Cl)c(F)c2)CC1. The molecular formula is C15H21ClFN. The van der Waals surface area contributed by atoms with E-state index >= 15 is 0 Å². The minimum absolute atomic E-state index is 0.183. The smallest absolute Gasteiger partial charge is 0.143 e. The Kier molecular flexibility index (Phi) is 4.16. The Hall–Kier alpha value is -0.760. The fraction of sp³-hybridized carbons (Fsp3) is 0.600. The van der Waals surface area contributed by atoms with Crippen molar-refractivity contribution in [3.8, 4) is 0 Å². The molecule has 1 aliphatic rings. The summed E-state index contributed by atoms with van der Waals surface area (Å²) in [5.74, 6) is -0.351. The van der Waals surface area contributed by atoms with Gasteiger partial charge in [-0.2, -0.15) is 0 Å². The first-order valence-corrected chi connectivity index (χ1v) is 7.06. The van der Waals surface area contributed by atoms with Gasteiger partial charge in [0.05, 0.1) is 5.02 Å². The molecule has 1 fully saturated rings. The predicted molar refractivity (Wildman–Crippen MR) is 75.7 cm³/mol. The van der Waals surface area contributed by atoms with E-state index in [1.165, 1.54) is 25.3 Å². The molecule has 0 aliphatic heterocycles. The quantitative estimate of drug-likeness (QED) is 0.723. The Morgan fingerprint density at radius 1 is 1.28 bits per heavy atom. The zero-order valence-electron chi connectivity index (χ0n) is 11.1. The number of rotatable bonds is 2. The van der Waals surface area contributed by atoms with Gasteiger partial charge >= 0.3 is 0 Å². The zero-order valence-corrected chi connectivity index (χ0v) is 11.9. The molecule has 0 bridgehead atoms. The molecule has 1 N–H and O–H groups in total. The van der Waals surface area contributed by atoms with Gasteiger partial charge < -0.3 is 5.32 Å². The van der Waals surface area contributed by atoms with Gasteiger partial charge in [0, 0.05) is 11.7 Å². The fourth-order valence-corrected chi connectivity index (χ4v) is 2.74. The van der Waals surface area contributed by atoms with E-state index in [0.717, 1.165) is 18.5 Å². The molecule has 2 rings (SSSR count). The van der Waals surface area contributed by atoms with Gasteiger partial charge in [-0.25, -0.2) is 4.39 Å². The summed E-state index contributed by atoms with van der Waals surface area (Å²) >= 11 is 5.68. The first-order valence-electron chi connectivity index (χ1n) is 6.68. The van der Waals surface area contributed by atoms with Gasteiger partial charge in [0.2, 0.25) is 0 Å². The molecule has 0 heterocycles. The Bertz CT molecular complexity index is 417. The predicted octanol–water partition coefficient (Wildman–Crippen LogP) is 5.25. The van der Waals surface area contributed by atoms with Crippen molar-refractivity contribution in [2.75, 3.05) is 5.32 Å². The van der Waals surface area contributed by atoms with Crippen LogP contribution in [-0.4, -0.2) is 6.04 Å². The van der Waals surface area contributed by atoms with Crippen LogP contribution >= 0.6 is 11.6 Å². The maximum atomic E-state index is 13.4. The maximum absolute atomic E-state index is 13.4. The second kappa shape index (κ2) is 5.48. The highest BCUT2D eigenvalue weighted by molar-refractivity contribution is 6.30. The molecule has 3 heteroatoms. The summed E-state index contributed by atoms with van der Waals surface area (Å²) in [7, 11) is 0. The van der Waals surface area contributed by atoms with E-state index in [0.29, 0.717) is 11.5 Å². The topological polar surface area (TPSA) is 12.0 Å². The van der Waals surface area contributed by atoms with Gasteiger partial charge in [-0.3, -0.25) is 0 Å². The lowest BCUT2D eigenvalue weighted by Gasteiger charge is -2.22. The lowest BCUT2D eigenvalue weighted by atomic mass is 9.85. The summed E-state index contributed by atoms with van der Waals surface area (Å²) in [4.78, 5) is 0. The number of nitrogens with one attached hydrogen (secondary N) is 1. The summed E-state index contributed by atoms with van der Waals surface area (Å²) < 4.78 is 13.4. The molecule has 0 aromatic heterocycles. The average molecular weight is 270 g/mol. The van der Waals surface area contributed by atoms with Crippen LogP contribution in [-0.2, 0) is 0 Å². The summed E-state index contributed by atoms with van der Waals surface area (Å²) in [6.45, 7) is 4.66. The number of anilines is 1.